The van der Waals surface area contributed by atoms with Gasteiger partial charge in [0, 0.05) is 31.5 Å². The van der Waals surface area contributed by atoms with Crippen LogP contribution in [0.1, 0.15) is 68.4 Å². The number of ether oxygens (including phenoxy) is 1. The number of unbranched alkanes of at least 4 members (excludes halogenated alkanes) is 2. The van der Waals surface area contributed by atoms with E-state index in [0.717, 1.165) is 38.5 Å². The van der Waals surface area contributed by atoms with E-state index >= 15 is 0 Å². The fourth-order valence-corrected chi connectivity index (χ4v) is 5.30. The van der Waals surface area contributed by atoms with E-state index in [2.05, 4.69) is 29.6 Å². The minimum atomic E-state index is -0.853. The van der Waals surface area contributed by atoms with Gasteiger partial charge in [0.25, 0.3) is 0 Å². The number of benzene rings is 2. The van der Waals surface area contributed by atoms with Gasteiger partial charge < -0.3 is 20.1 Å². The molecule has 2 aromatic rings. The summed E-state index contributed by atoms with van der Waals surface area (Å²) in [6.07, 6.45) is 4.99. The molecule has 2 amide bonds. The summed E-state index contributed by atoms with van der Waals surface area (Å²) in [4.78, 5) is 37.6. The number of carboxylic acids is 1. The molecular formula is C28H34N2O5. The van der Waals surface area contributed by atoms with Crippen molar-refractivity contribution in [1.29, 1.82) is 0 Å². The van der Waals surface area contributed by atoms with Gasteiger partial charge in [-0.1, -0.05) is 55.0 Å². The largest absolute Gasteiger partial charge is 0.481 e. The molecule has 0 aromatic heterocycles. The first-order valence-electron chi connectivity index (χ1n) is 12.6. The molecule has 1 aliphatic heterocycles. The fourth-order valence-electron chi connectivity index (χ4n) is 5.30. The zero-order valence-corrected chi connectivity index (χ0v) is 20.1. The van der Waals surface area contributed by atoms with Crippen molar-refractivity contribution in [3.8, 4) is 11.1 Å². The number of piperidine rings is 1. The lowest BCUT2D eigenvalue weighted by Gasteiger charge is -2.35. The molecular weight excluding hydrogens is 444 g/mol. The third kappa shape index (κ3) is 6.21. The van der Waals surface area contributed by atoms with Crippen LogP contribution in [0.25, 0.3) is 11.1 Å². The number of hydrogen-bond acceptors (Lipinski definition) is 4. The lowest BCUT2D eigenvalue weighted by Crippen LogP contribution is -2.44. The molecule has 2 aromatic carbocycles. The number of likely N-dealkylation sites (tertiary alicyclic amines) is 1. The highest BCUT2D eigenvalue weighted by molar-refractivity contribution is 5.79. The van der Waals surface area contributed by atoms with Gasteiger partial charge in [-0.05, 0) is 54.4 Å². The normalized spacial score (nSPS) is 16.9. The van der Waals surface area contributed by atoms with Gasteiger partial charge in [0.15, 0.2) is 0 Å². The molecule has 7 heteroatoms. The van der Waals surface area contributed by atoms with Crippen LogP contribution < -0.4 is 5.32 Å². The molecule has 35 heavy (non-hydrogen) atoms. The van der Waals surface area contributed by atoms with Crippen molar-refractivity contribution in [3.05, 3.63) is 59.7 Å². The van der Waals surface area contributed by atoms with Crippen LogP contribution in [0.15, 0.2) is 48.5 Å². The number of fused-ring (bicyclic) bond motifs is 3. The van der Waals surface area contributed by atoms with E-state index in [1.165, 1.54) is 22.3 Å². The Balaban J connectivity index is 1.14. The van der Waals surface area contributed by atoms with Gasteiger partial charge in [-0.15, -0.1) is 0 Å². The van der Waals surface area contributed by atoms with Crippen LogP contribution in [0.2, 0.25) is 0 Å². The predicted molar refractivity (Wildman–Crippen MR) is 133 cm³/mol. The standard InChI is InChI=1S/C28H34N2O5/c31-26(30-17-9-7-10-20(30)18-27(32)33)15-2-1-8-16-29-28(34)35-19-25-23-13-5-3-11-21(23)22-12-4-6-14-24(22)25/h3-6,11-14,20,25H,1-2,7-10,15-19H2,(H,29,34)(H,32,33)/t20-/m1/s1. The van der Waals surface area contributed by atoms with E-state index in [1.807, 2.05) is 24.3 Å². The number of nitrogens with one attached hydrogen (secondary N) is 1. The highest BCUT2D eigenvalue weighted by Crippen LogP contribution is 2.44. The van der Waals surface area contributed by atoms with Crippen molar-refractivity contribution in [2.75, 3.05) is 19.7 Å². The molecule has 0 spiro atoms. The third-order valence-electron chi connectivity index (χ3n) is 7.04. The average molecular weight is 479 g/mol. The second-order valence-electron chi connectivity index (χ2n) is 9.40. The maximum absolute atomic E-state index is 12.6. The van der Waals surface area contributed by atoms with Gasteiger partial charge in [-0.2, -0.15) is 0 Å². The number of carbonyl (C=O) groups excluding carboxylic acids is 2. The van der Waals surface area contributed by atoms with Crippen LogP contribution in [0, 0.1) is 0 Å². The monoisotopic (exact) mass is 478 g/mol. The van der Waals surface area contributed by atoms with Crippen LogP contribution in [-0.4, -0.2) is 53.7 Å². The molecule has 1 saturated heterocycles. The quantitative estimate of drug-likeness (QED) is 0.472. The first kappa shape index (κ1) is 24.8. The lowest BCUT2D eigenvalue weighted by atomic mass is 9.98. The summed E-state index contributed by atoms with van der Waals surface area (Å²) >= 11 is 0. The van der Waals surface area contributed by atoms with E-state index in [9.17, 15) is 14.4 Å². The Hall–Kier alpha value is -3.35. The molecule has 0 radical (unpaired) electrons. The summed E-state index contributed by atoms with van der Waals surface area (Å²) in [5, 5.41) is 11.9. The van der Waals surface area contributed by atoms with Crippen molar-refractivity contribution in [2.45, 2.75) is 63.3 Å². The number of carbonyl (C=O) groups is 3. The molecule has 1 aliphatic carbocycles. The molecule has 1 heterocycles. The summed E-state index contributed by atoms with van der Waals surface area (Å²) < 4.78 is 5.55. The van der Waals surface area contributed by atoms with E-state index in [0.29, 0.717) is 26.1 Å². The summed E-state index contributed by atoms with van der Waals surface area (Å²) in [5.41, 5.74) is 4.77. The second kappa shape index (κ2) is 11.9. The Bertz CT molecular complexity index is 1010. The van der Waals surface area contributed by atoms with Crippen LogP contribution in [0.4, 0.5) is 4.79 Å². The van der Waals surface area contributed by atoms with Gasteiger partial charge in [-0.3, -0.25) is 9.59 Å². The summed E-state index contributed by atoms with van der Waals surface area (Å²) in [6.45, 7) is 1.44. The van der Waals surface area contributed by atoms with Gasteiger partial charge in [0.2, 0.25) is 5.91 Å². The SMILES string of the molecule is O=C(O)C[C@H]1CCCCN1C(=O)CCCCCNC(=O)OCC1c2ccccc2-c2ccccc21. The Labute approximate surface area is 206 Å². The molecule has 2 aliphatic rings. The first-order chi connectivity index (χ1) is 17.0. The number of amides is 2. The zero-order valence-electron chi connectivity index (χ0n) is 20.1. The molecule has 0 saturated carbocycles. The highest BCUT2D eigenvalue weighted by Gasteiger charge is 2.29. The van der Waals surface area contributed by atoms with E-state index < -0.39 is 12.1 Å². The number of nitrogens with zero attached hydrogens (tertiary/aromatic N) is 1. The van der Waals surface area contributed by atoms with Crippen LogP contribution in [0.3, 0.4) is 0 Å². The number of aliphatic carboxylic acids is 1. The molecule has 0 unspecified atom stereocenters. The summed E-state index contributed by atoms with van der Waals surface area (Å²) in [6, 6.07) is 16.3. The van der Waals surface area contributed by atoms with Gasteiger partial charge in [0.05, 0.1) is 6.42 Å². The number of rotatable bonds is 10. The summed E-state index contributed by atoms with van der Waals surface area (Å²) in [7, 11) is 0. The Morgan fingerprint density at radius 2 is 1.63 bits per heavy atom. The fraction of sp³-hybridized carbons (Fsp3) is 0.464. The number of alkyl carbamates (subject to hydrolysis) is 1. The van der Waals surface area contributed by atoms with Crippen molar-refractivity contribution < 1.29 is 24.2 Å². The molecule has 1 fully saturated rings. The molecule has 1 atom stereocenters. The van der Waals surface area contributed by atoms with Gasteiger partial charge in [0.1, 0.15) is 6.61 Å². The molecule has 2 N–H and O–H groups in total. The van der Waals surface area contributed by atoms with E-state index in [4.69, 9.17) is 9.84 Å². The Morgan fingerprint density at radius 3 is 2.31 bits per heavy atom. The minimum absolute atomic E-state index is 0.0236. The molecule has 4 rings (SSSR count). The predicted octanol–water partition coefficient (Wildman–Crippen LogP) is 4.94. The van der Waals surface area contributed by atoms with Crippen LogP contribution >= 0.6 is 0 Å². The van der Waals surface area contributed by atoms with Crippen molar-refractivity contribution in [1.82, 2.24) is 10.2 Å². The summed E-state index contributed by atoms with van der Waals surface area (Å²) in [5.74, 6) is -0.770. The topological polar surface area (TPSA) is 95.9 Å². The van der Waals surface area contributed by atoms with E-state index in [-0.39, 0.29) is 24.3 Å². The smallest absolute Gasteiger partial charge is 0.407 e. The first-order valence-corrected chi connectivity index (χ1v) is 12.6. The highest BCUT2D eigenvalue weighted by atomic mass is 16.5. The number of hydrogen-bond donors (Lipinski definition) is 2. The maximum atomic E-state index is 12.6. The third-order valence-corrected chi connectivity index (χ3v) is 7.04. The Morgan fingerprint density at radius 1 is 0.943 bits per heavy atom. The lowest BCUT2D eigenvalue weighted by molar-refractivity contribution is -0.142. The molecule has 7 nitrogen and oxygen atoms in total. The minimum Gasteiger partial charge on any atom is -0.481 e. The van der Waals surface area contributed by atoms with Gasteiger partial charge in [-0.25, -0.2) is 4.79 Å². The van der Waals surface area contributed by atoms with Crippen molar-refractivity contribution in [3.63, 3.8) is 0 Å². The van der Waals surface area contributed by atoms with Crippen molar-refractivity contribution in [2.24, 2.45) is 0 Å². The maximum Gasteiger partial charge on any atom is 0.407 e. The van der Waals surface area contributed by atoms with Crippen LogP contribution in [0.5, 0.6) is 0 Å². The van der Waals surface area contributed by atoms with E-state index in [1.54, 1.807) is 4.90 Å². The molecule has 0 bridgehead atoms. The van der Waals surface area contributed by atoms with Crippen LogP contribution in [-0.2, 0) is 14.3 Å². The average Bonchev–Trinajstić information content (AvgIpc) is 3.18. The molecule has 186 valence electrons. The van der Waals surface area contributed by atoms with Gasteiger partial charge >= 0.3 is 12.1 Å². The zero-order chi connectivity index (χ0) is 24.6. The second-order valence-corrected chi connectivity index (χ2v) is 9.40. The number of carboxylic acid groups (broad SMARTS) is 1. The Kier molecular flexibility index (Phi) is 8.40. The van der Waals surface area contributed by atoms with Crippen molar-refractivity contribution >= 4 is 18.0 Å².